The summed E-state index contributed by atoms with van der Waals surface area (Å²) in [6, 6.07) is 5.12. The lowest BCUT2D eigenvalue weighted by molar-refractivity contribution is 0.574. The highest BCUT2D eigenvalue weighted by Gasteiger charge is 2.13. The van der Waals surface area contributed by atoms with Crippen molar-refractivity contribution in [2.75, 3.05) is 5.32 Å². The first-order valence-corrected chi connectivity index (χ1v) is 7.55. The Labute approximate surface area is 137 Å². The van der Waals surface area contributed by atoms with Crippen molar-refractivity contribution in [3.8, 4) is 0 Å². The normalized spacial score (nSPS) is 11.4. The zero-order valence-corrected chi connectivity index (χ0v) is 13.4. The van der Waals surface area contributed by atoms with Crippen LogP contribution in [0, 0.1) is 11.6 Å². The number of aromatic nitrogens is 3. The van der Waals surface area contributed by atoms with E-state index in [0.717, 1.165) is 11.8 Å². The van der Waals surface area contributed by atoms with Gasteiger partial charge in [-0.25, -0.2) is 18.3 Å². The Balaban J connectivity index is 1.93. The maximum Gasteiger partial charge on any atom is 0.177 e. The molecule has 1 N–H and O–H groups in total. The van der Waals surface area contributed by atoms with Crippen LogP contribution in [-0.2, 0) is 6.54 Å². The largest absolute Gasteiger partial charge is 0.378 e. The summed E-state index contributed by atoms with van der Waals surface area (Å²) in [5.41, 5.74) is 2.54. The van der Waals surface area contributed by atoms with E-state index in [1.165, 1.54) is 12.1 Å². The number of hydrogen-bond acceptors (Lipinski definition) is 3. The second-order valence-electron chi connectivity index (χ2n) is 5.54. The van der Waals surface area contributed by atoms with E-state index in [4.69, 9.17) is 11.6 Å². The van der Waals surface area contributed by atoms with Crippen molar-refractivity contribution < 1.29 is 8.78 Å². The van der Waals surface area contributed by atoms with Gasteiger partial charge in [-0.3, -0.25) is 0 Å². The van der Waals surface area contributed by atoms with Gasteiger partial charge in [0.2, 0.25) is 0 Å². The Morgan fingerprint density at radius 2 is 2.04 bits per heavy atom. The van der Waals surface area contributed by atoms with Crippen LogP contribution in [0.4, 0.5) is 14.5 Å². The second kappa shape index (κ2) is 6.12. The molecule has 0 bridgehead atoms. The molecule has 120 valence electrons. The van der Waals surface area contributed by atoms with E-state index in [1.807, 2.05) is 13.8 Å². The van der Waals surface area contributed by atoms with Gasteiger partial charge in [0, 0.05) is 24.2 Å². The highest BCUT2D eigenvalue weighted by Crippen LogP contribution is 2.24. The molecule has 3 rings (SSSR count). The molecule has 4 nitrogen and oxygen atoms in total. The van der Waals surface area contributed by atoms with Gasteiger partial charge in [-0.2, -0.15) is 5.10 Å². The number of fused-ring (bicyclic) bond motifs is 1. The third-order valence-electron chi connectivity index (χ3n) is 3.54. The molecular weight excluding hydrogens is 322 g/mol. The molecule has 0 aliphatic rings. The third kappa shape index (κ3) is 3.12. The summed E-state index contributed by atoms with van der Waals surface area (Å²) in [5.74, 6) is -0.964. The Bertz CT molecular complexity index is 861. The fourth-order valence-corrected chi connectivity index (χ4v) is 2.52. The van der Waals surface area contributed by atoms with E-state index in [1.54, 1.807) is 16.8 Å². The number of benzene rings is 1. The van der Waals surface area contributed by atoms with Crippen molar-refractivity contribution in [2.24, 2.45) is 0 Å². The summed E-state index contributed by atoms with van der Waals surface area (Å²) >= 11 is 6.07. The van der Waals surface area contributed by atoms with Gasteiger partial charge < -0.3 is 5.32 Å². The van der Waals surface area contributed by atoms with Crippen LogP contribution < -0.4 is 5.32 Å². The molecule has 0 aliphatic carbocycles. The summed E-state index contributed by atoms with van der Waals surface area (Å²) in [5, 5.41) is 7.65. The number of imidazole rings is 1. The van der Waals surface area contributed by atoms with Gasteiger partial charge in [-0.1, -0.05) is 31.5 Å². The van der Waals surface area contributed by atoms with Gasteiger partial charge in [0.1, 0.15) is 11.6 Å². The number of rotatable bonds is 4. The summed E-state index contributed by atoms with van der Waals surface area (Å²) in [4.78, 5) is 4.36. The van der Waals surface area contributed by atoms with Gasteiger partial charge in [-0.15, -0.1) is 0 Å². The molecular formula is C16H15ClF2N4. The minimum Gasteiger partial charge on any atom is -0.378 e. The van der Waals surface area contributed by atoms with Crippen molar-refractivity contribution in [2.45, 2.75) is 26.3 Å². The lowest BCUT2D eigenvalue weighted by Crippen LogP contribution is -2.06. The number of anilines is 1. The van der Waals surface area contributed by atoms with Crippen molar-refractivity contribution in [1.29, 1.82) is 0 Å². The minimum absolute atomic E-state index is 0.186. The molecule has 2 aromatic heterocycles. The maximum atomic E-state index is 13.7. The lowest BCUT2D eigenvalue weighted by Gasteiger charge is -2.10. The predicted octanol–water partition coefficient (Wildman–Crippen LogP) is 4.40. The molecule has 0 saturated heterocycles. The molecule has 1 aromatic carbocycles. The van der Waals surface area contributed by atoms with Gasteiger partial charge in [0.15, 0.2) is 10.8 Å². The average molecular weight is 337 g/mol. The molecule has 2 heterocycles. The fraction of sp³-hybridized carbons (Fsp3) is 0.250. The van der Waals surface area contributed by atoms with E-state index in [2.05, 4.69) is 15.4 Å². The zero-order chi connectivity index (χ0) is 16.6. The first kappa shape index (κ1) is 15.7. The Morgan fingerprint density at radius 3 is 2.74 bits per heavy atom. The van der Waals surface area contributed by atoms with E-state index < -0.39 is 11.6 Å². The zero-order valence-electron chi connectivity index (χ0n) is 12.6. The molecule has 0 spiro atoms. The molecule has 0 unspecified atom stereocenters. The lowest BCUT2D eigenvalue weighted by atomic mass is 10.1. The van der Waals surface area contributed by atoms with E-state index in [-0.39, 0.29) is 12.5 Å². The molecule has 0 fully saturated rings. The van der Waals surface area contributed by atoms with Crippen LogP contribution in [0.1, 0.15) is 31.0 Å². The molecule has 0 radical (unpaired) electrons. The molecule has 0 atom stereocenters. The second-order valence-corrected chi connectivity index (χ2v) is 5.93. The van der Waals surface area contributed by atoms with Crippen LogP contribution in [-0.4, -0.2) is 14.6 Å². The van der Waals surface area contributed by atoms with Gasteiger partial charge >= 0.3 is 0 Å². The topological polar surface area (TPSA) is 42.2 Å². The summed E-state index contributed by atoms with van der Waals surface area (Å²) < 4.78 is 28.3. The van der Waals surface area contributed by atoms with Crippen LogP contribution in [0.15, 0.2) is 30.5 Å². The minimum atomic E-state index is -0.601. The SMILES string of the molecule is CC(C)c1cnc2c(NCc3ccc(F)cc3F)cc(Cl)nn12. The first-order valence-electron chi connectivity index (χ1n) is 7.17. The Hall–Kier alpha value is -2.21. The van der Waals surface area contributed by atoms with E-state index in [9.17, 15) is 8.78 Å². The smallest absolute Gasteiger partial charge is 0.177 e. The highest BCUT2D eigenvalue weighted by molar-refractivity contribution is 6.29. The van der Waals surface area contributed by atoms with Crippen LogP contribution in [0.25, 0.3) is 5.65 Å². The molecule has 7 heteroatoms. The van der Waals surface area contributed by atoms with Crippen LogP contribution in [0.5, 0.6) is 0 Å². The van der Waals surface area contributed by atoms with Crippen LogP contribution >= 0.6 is 11.6 Å². The van der Waals surface area contributed by atoms with Crippen LogP contribution in [0.3, 0.4) is 0 Å². The molecule has 0 amide bonds. The maximum absolute atomic E-state index is 13.7. The molecule has 0 aliphatic heterocycles. The quantitative estimate of drug-likeness (QED) is 0.768. The first-order chi connectivity index (χ1) is 11.0. The van der Waals surface area contributed by atoms with Crippen LogP contribution in [0.2, 0.25) is 5.15 Å². The predicted molar refractivity (Wildman–Crippen MR) is 85.8 cm³/mol. The molecule has 0 saturated carbocycles. The van der Waals surface area contributed by atoms with E-state index in [0.29, 0.717) is 22.1 Å². The van der Waals surface area contributed by atoms with Crippen molar-refractivity contribution in [1.82, 2.24) is 14.6 Å². The monoisotopic (exact) mass is 336 g/mol. The number of halogens is 3. The number of nitrogens with zero attached hydrogens (tertiary/aromatic N) is 3. The van der Waals surface area contributed by atoms with Gasteiger partial charge in [0.25, 0.3) is 0 Å². The average Bonchev–Trinajstić information content (AvgIpc) is 2.90. The fourth-order valence-electron chi connectivity index (χ4n) is 2.33. The van der Waals surface area contributed by atoms with Crippen molar-refractivity contribution in [3.63, 3.8) is 0 Å². The standard InChI is InChI=1S/C16H15ClF2N4/c1-9(2)14-8-21-16-13(6-15(17)22-23(14)16)20-7-10-3-4-11(18)5-12(10)19/h3-6,8-9,20H,7H2,1-2H3. The Morgan fingerprint density at radius 1 is 1.26 bits per heavy atom. The Kier molecular flexibility index (Phi) is 4.17. The summed E-state index contributed by atoms with van der Waals surface area (Å²) in [6.45, 7) is 4.26. The summed E-state index contributed by atoms with van der Waals surface area (Å²) in [7, 11) is 0. The number of nitrogens with one attached hydrogen (secondary N) is 1. The highest BCUT2D eigenvalue weighted by atomic mass is 35.5. The van der Waals surface area contributed by atoms with Gasteiger partial charge in [-0.05, 0) is 12.0 Å². The van der Waals surface area contributed by atoms with Crippen molar-refractivity contribution >= 4 is 22.9 Å². The summed E-state index contributed by atoms with van der Waals surface area (Å²) in [6.07, 6.45) is 1.74. The van der Waals surface area contributed by atoms with Crippen molar-refractivity contribution in [3.05, 3.63) is 58.5 Å². The third-order valence-corrected chi connectivity index (χ3v) is 3.72. The van der Waals surface area contributed by atoms with Gasteiger partial charge in [0.05, 0.1) is 17.6 Å². The number of hydrogen-bond donors (Lipinski definition) is 1. The molecule has 23 heavy (non-hydrogen) atoms. The van der Waals surface area contributed by atoms with E-state index >= 15 is 0 Å². The molecule has 3 aromatic rings.